The minimum absolute atomic E-state index is 0.142. The summed E-state index contributed by atoms with van der Waals surface area (Å²) in [7, 11) is 0. The molecule has 1 aliphatic heterocycles. The zero-order valence-electron chi connectivity index (χ0n) is 15.4. The Morgan fingerprint density at radius 1 is 1.00 bits per heavy atom. The molecule has 0 bridgehead atoms. The summed E-state index contributed by atoms with van der Waals surface area (Å²) in [6.45, 7) is 6.64. The van der Waals surface area contributed by atoms with Gasteiger partial charge in [-0.25, -0.2) is 0 Å². The molecule has 1 aromatic carbocycles. The molecule has 4 heteroatoms. The summed E-state index contributed by atoms with van der Waals surface area (Å²) in [4.78, 5) is 17.4. The van der Waals surface area contributed by atoms with E-state index in [9.17, 15) is 4.79 Å². The van der Waals surface area contributed by atoms with Gasteiger partial charge >= 0.3 is 0 Å². The molecule has 2 aliphatic carbocycles. The summed E-state index contributed by atoms with van der Waals surface area (Å²) >= 11 is 0. The largest absolute Gasteiger partial charge is 0.369 e. The molecular weight excluding hydrogens is 310 g/mol. The SMILES string of the molecule is CC(C(=O)Nc1ccc(N2CCN(C3CCCC3)CC2)cc1)C1CC1. The van der Waals surface area contributed by atoms with Crippen molar-refractivity contribution >= 4 is 17.3 Å². The van der Waals surface area contributed by atoms with Crippen LogP contribution < -0.4 is 10.2 Å². The van der Waals surface area contributed by atoms with Crippen LogP contribution in [0.4, 0.5) is 11.4 Å². The fraction of sp³-hybridized carbons (Fsp3) is 0.667. The van der Waals surface area contributed by atoms with E-state index in [0.29, 0.717) is 5.92 Å². The lowest BCUT2D eigenvalue weighted by Crippen LogP contribution is -2.49. The third-order valence-corrected chi connectivity index (χ3v) is 6.40. The predicted molar refractivity (Wildman–Crippen MR) is 103 cm³/mol. The molecule has 0 aromatic heterocycles. The van der Waals surface area contributed by atoms with Crippen molar-refractivity contribution in [1.82, 2.24) is 4.90 Å². The smallest absolute Gasteiger partial charge is 0.227 e. The van der Waals surface area contributed by atoms with Gasteiger partial charge in [-0.1, -0.05) is 19.8 Å². The molecule has 1 saturated heterocycles. The molecule has 0 spiro atoms. The number of amides is 1. The number of hydrogen-bond acceptors (Lipinski definition) is 3. The summed E-state index contributed by atoms with van der Waals surface area (Å²) < 4.78 is 0. The van der Waals surface area contributed by atoms with E-state index >= 15 is 0 Å². The standard InChI is InChI=1S/C21H31N3O/c1-16(17-6-7-17)21(25)22-18-8-10-20(11-9-18)24-14-12-23(13-15-24)19-4-2-3-5-19/h8-11,16-17,19H,2-7,12-15H2,1H3,(H,22,25). The van der Waals surface area contributed by atoms with Crippen LogP contribution in [-0.4, -0.2) is 43.0 Å². The molecule has 2 saturated carbocycles. The van der Waals surface area contributed by atoms with E-state index in [2.05, 4.69) is 39.4 Å². The summed E-state index contributed by atoms with van der Waals surface area (Å²) in [6.07, 6.45) is 8.04. The Labute approximate surface area is 151 Å². The van der Waals surface area contributed by atoms with Crippen LogP contribution in [0, 0.1) is 11.8 Å². The third-order valence-electron chi connectivity index (χ3n) is 6.40. The topological polar surface area (TPSA) is 35.6 Å². The van der Waals surface area contributed by atoms with Crippen LogP contribution in [0.25, 0.3) is 0 Å². The highest BCUT2D eigenvalue weighted by Gasteiger charge is 2.32. The molecule has 25 heavy (non-hydrogen) atoms. The Hall–Kier alpha value is -1.55. The van der Waals surface area contributed by atoms with Crippen molar-refractivity contribution in [2.45, 2.75) is 51.5 Å². The van der Waals surface area contributed by atoms with Crippen LogP contribution >= 0.6 is 0 Å². The van der Waals surface area contributed by atoms with Gasteiger partial charge in [0.25, 0.3) is 0 Å². The molecule has 136 valence electrons. The number of carbonyl (C=O) groups excluding carboxylic acids is 1. The molecule has 0 radical (unpaired) electrons. The molecule has 3 fully saturated rings. The molecule has 1 unspecified atom stereocenters. The van der Waals surface area contributed by atoms with E-state index in [4.69, 9.17) is 0 Å². The molecule has 1 amide bonds. The monoisotopic (exact) mass is 341 g/mol. The van der Waals surface area contributed by atoms with E-state index < -0.39 is 0 Å². The van der Waals surface area contributed by atoms with Crippen LogP contribution in [0.2, 0.25) is 0 Å². The molecule has 1 aromatic rings. The molecule has 1 atom stereocenters. The zero-order chi connectivity index (χ0) is 17.2. The average molecular weight is 341 g/mol. The highest BCUT2D eigenvalue weighted by molar-refractivity contribution is 5.92. The first kappa shape index (κ1) is 16.9. The highest BCUT2D eigenvalue weighted by atomic mass is 16.1. The second kappa shape index (κ2) is 7.36. The summed E-state index contributed by atoms with van der Waals surface area (Å²) in [5.41, 5.74) is 2.20. The van der Waals surface area contributed by atoms with Crippen molar-refractivity contribution in [2.75, 3.05) is 36.4 Å². The number of hydrogen-bond donors (Lipinski definition) is 1. The number of carbonyl (C=O) groups is 1. The number of nitrogens with zero attached hydrogens (tertiary/aromatic N) is 2. The Balaban J connectivity index is 1.29. The quantitative estimate of drug-likeness (QED) is 0.886. The second-order valence-electron chi connectivity index (χ2n) is 8.12. The zero-order valence-corrected chi connectivity index (χ0v) is 15.4. The summed E-state index contributed by atoms with van der Waals surface area (Å²) in [5.74, 6) is 0.916. The van der Waals surface area contributed by atoms with Gasteiger partial charge in [0.15, 0.2) is 0 Å². The average Bonchev–Trinajstić information content (AvgIpc) is 3.36. The Morgan fingerprint density at radius 2 is 1.64 bits per heavy atom. The van der Waals surface area contributed by atoms with Crippen molar-refractivity contribution in [3.8, 4) is 0 Å². The molecular formula is C21H31N3O. The van der Waals surface area contributed by atoms with E-state index in [1.165, 1.54) is 57.3 Å². The third kappa shape index (κ3) is 4.00. The molecule has 4 nitrogen and oxygen atoms in total. The van der Waals surface area contributed by atoms with Gasteiger partial charge in [0, 0.05) is 49.5 Å². The predicted octanol–water partition coefficient (Wildman–Crippen LogP) is 3.74. The van der Waals surface area contributed by atoms with Crippen molar-refractivity contribution < 1.29 is 4.79 Å². The van der Waals surface area contributed by atoms with Gasteiger partial charge in [-0.3, -0.25) is 9.69 Å². The normalized spacial score (nSPS) is 23.6. The van der Waals surface area contributed by atoms with Crippen LogP contribution in [0.5, 0.6) is 0 Å². The lowest BCUT2D eigenvalue weighted by Gasteiger charge is -2.39. The van der Waals surface area contributed by atoms with Crippen molar-refractivity contribution in [3.05, 3.63) is 24.3 Å². The first-order valence-electron chi connectivity index (χ1n) is 10.1. The molecule has 1 N–H and O–H groups in total. The van der Waals surface area contributed by atoms with Crippen LogP contribution in [0.1, 0.15) is 45.4 Å². The van der Waals surface area contributed by atoms with Crippen LogP contribution in [0.15, 0.2) is 24.3 Å². The molecule has 4 rings (SSSR count). The van der Waals surface area contributed by atoms with E-state index in [0.717, 1.165) is 24.8 Å². The van der Waals surface area contributed by atoms with E-state index in [1.807, 2.05) is 6.92 Å². The van der Waals surface area contributed by atoms with Gasteiger partial charge < -0.3 is 10.2 Å². The van der Waals surface area contributed by atoms with Gasteiger partial charge in [-0.15, -0.1) is 0 Å². The number of rotatable bonds is 5. The van der Waals surface area contributed by atoms with Gasteiger partial charge in [0.05, 0.1) is 0 Å². The molecule has 1 heterocycles. The van der Waals surface area contributed by atoms with E-state index in [-0.39, 0.29) is 11.8 Å². The first-order chi connectivity index (χ1) is 12.2. The fourth-order valence-corrected chi connectivity index (χ4v) is 4.44. The Morgan fingerprint density at radius 3 is 2.24 bits per heavy atom. The number of anilines is 2. The summed E-state index contributed by atoms with van der Waals surface area (Å²) in [5, 5.41) is 3.07. The van der Waals surface area contributed by atoms with Crippen molar-refractivity contribution in [2.24, 2.45) is 11.8 Å². The van der Waals surface area contributed by atoms with Gasteiger partial charge in [0.1, 0.15) is 0 Å². The first-order valence-corrected chi connectivity index (χ1v) is 10.1. The number of benzene rings is 1. The maximum absolute atomic E-state index is 12.2. The Kier molecular flexibility index (Phi) is 4.98. The number of nitrogens with one attached hydrogen (secondary N) is 1. The van der Waals surface area contributed by atoms with Gasteiger partial charge in [0.2, 0.25) is 5.91 Å². The van der Waals surface area contributed by atoms with Crippen LogP contribution in [0.3, 0.4) is 0 Å². The summed E-state index contributed by atoms with van der Waals surface area (Å²) in [6, 6.07) is 9.26. The minimum Gasteiger partial charge on any atom is -0.369 e. The minimum atomic E-state index is 0.142. The van der Waals surface area contributed by atoms with Gasteiger partial charge in [-0.2, -0.15) is 0 Å². The van der Waals surface area contributed by atoms with E-state index in [1.54, 1.807) is 0 Å². The fourth-order valence-electron chi connectivity index (χ4n) is 4.44. The van der Waals surface area contributed by atoms with Crippen LogP contribution in [-0.2, 0) is 4.79 Å². The lowest BCUT2D eigenvalue weighted by atomic mass is 10.1. The maximum Gasteiger partial charge on any atom is 0.227 e. The van der Waals surface area contributed by atoms with Crippen molar-refractivity contribution in [1.29, 1.82) is 0 Å². The number of piperazine rings is 1. The second-order valence-corrected chi connectivity index (χ2v) is 8.12. The lowest BCUT2D eigenvalue weighted by molar-refractivity contribution is -0.119. The van der Waals surface area contributed by atoms with Gasteiger partial charge in [-0.05, 0) is 55.9 Å². The highest BCUT2D eigenvalue weighted by Crippen LogP contribution is 2.37. The molecule has 3 aliphatic rings. The van der Waals surface area contributed by atoms with Crippen molar-refractivity contribution in [3.63, 3.8) is 0 Å². The maximum atomic E-state index is 12.2. The Bertz CT molecular complexity index is 582.